The number of aliphatic carboxylic acids is 1. The molecule has 0 aliphatic carbocycles. The van der Waals surface area contributed by atoms with Crippen molar-refractivity contribution in [1.82, 2.24) is 4.90 Å². The van der Waals surface area contributed by atoms with Gasteiger partial charge in [-0.25, -0.2) is 0 Å². The van der Waals surface area contributed by atoms with Gasteiger partial charge >= 0.3 is 5.97 Å². The minimum absolute atomic E-state index is 0.193. The van der Waals surface area contributed by atoms with Gasteiger partial charge in [0.25, 0.3) is 5.91 Å². The van der Waals surface area contributed by atoms with Crippen molar-refractivity contribution in [3.05, 3.63) is 35.4 Å². The number of carbonyl (C=O) groups is 3. The Balaban J connectivity index is 2.20. The molecule has 1 aliphatic heterocycles. The summed E-state index contributed by atoms with van der Waals surface area (Å²) in [5.74, 6) is -1.74. The highest BCUT2D eigenvalue weighted by atomic mass is 16.4. The normalized spacial score (nSPS) is 21.3. The van der Waals surface area contributed by atoms with E-state index in [1.807, 2.05) is 6.92 Å². The molecular formula is C15H18N2O4. The molecule has 1 heterocycles. The van der Waals surface area contributed by atoms with Crippen LogP contribution in [0.5, 0.6) is 0 Å². The van der Waals surface area contributed by atoms with E-state index in [9.17, 15) is 19.5 Å². The van der Waals surface area contributed by atoms with Crippen LogP contribution >= 0.6 is 0 Å². The molecule has 1 saturated heterocycles. The van der Waals surface area contributed by atoms with Crippen molar-refractivity contribution < 1.29 is 19.5 Å². The Labute approximate surface area is 122 Å². The van der Waals surface area contributed by atoms with Gasteiger partial charge in [0, 0.05) is 24.2 Å². The number of carbonyl (C=O) groups excluding carboxylic acids is 2. The molecule has 0 saturated carbocycles. The maximum absolute atomic E-state index is 12.4. The molecule has 2 amide bonds. The molecule has 1 aromatic carbocycles. The molecule has 0 spiro atoms. The van der Waals surface area contributed by atoms with Crippen molar-refractivity contribution in [1.29, 1.82) is 0 Å². The number of carboxylic acids is 1. The van der Waals surface area contributed by atoms with E-state index in [1.165, 1.54) is 17.0 Å². The van der Waals surface area contributed by atoms with E-state index in [-0.39, 0.29) is 18.0 Å². The molecule has 1 atom stereocenters. The van der Waals surface area contributed by atoms with Crippen molar-refractivity contribution in [3.8, 4) is 0 Å². The zero-order valence-electron chi connectivity index (χ0n) is 11.8. The van der Waals surface area contributed by atoms with E-state index in [0.29, 0.717) is 24.9 Å². The summed E-state index contributed by atoms with van der Waals surface area (Å²) >= 11 is 0. The molecule has 6 heteroatoms. The van der Waals surface area contributed by atoms with Crippen LogP contribution in [-0.4, -0.2) is 40.9 Å². The number of hydrogen-bond acceptors (Lipinski definition) is 3. The van der Waals surface area contributed by atoms with Gasteiger partial charge < -0.3 is 15.7 Å². The fraction of sp³-hybridized carbons (Fsp3) is 0.400. The maximum Gasteiger partial charge on any atom is 0.311 e. The first-order valence-electron chi connectivity index (χ1n) is 6.82. The van der Waals surface area contributed by atoms with Gasteiger partial charge in [-0.05, 0) is 31.0 Å². The summed E-state index contributed by atoms with van der Waals surface area (Å²) in [6, 6.07) is 6.17. The van der Waals surface area contributed by atoms with E-state index < -0.39 is 17.3 Å². The summed E-state index contributed by atoms with van der Waals surface area (Å²) in [6.07, 6.45) is 0.924. The Hall–Kier alpha value is -2.37. The SMILES string of the molecule is CCC1(C(=O)O)CCN(C(=O)c2cccc(C(N)=O)c2)C1. The highest BCUT2D eigenvalue weighted by Gasteiger charge is 2.44. The molecule has 21 heavy (non-hydrogen) atoms. The van der Waals surface area contributed by atoms with Gasteiger partial charge in [-0.15, -0.1) is 0 Å². The summed E-state index contributed by atoms with van der Waals surface area (Å²) in [7, 11) is 0. The third-order valence-electron chi connectivity index (χ3n) is 4.17. The molecule has 1 aliphatic rings. The molecule has 1 unspecified atom stereocenters. The first-order valence-corrected chi connectivity index (χ1v) is 6.82. The van der Waals surface area contributed by atoms with Gasteiger partial charge in [-0.2, -0.15) is 0 Å². The first-order chi connectivity index (χ1) is 9.89. The number of rotatable bonds is 4. The quantitative estimate of drug-likeness (QED) is 0.867. The number of nitrogens with zero attached hydrogens (tertiary/aromatic N) is 1. The third kappa shape index (κ3) is 2.74. The summed E-state index contributed by atoms with van der Waals surface area (Å²) in [6.45, 7) is 2.41. The lowest BCUT2D eigenvalue weighted by Gasteiger charge is -2.23. The average molecular weight is 290 g/mol. The smallest absolute Gasteiger partial charge is 0.311 e. The lowest BCUT2D eigenvalue weighted by atomic mass is 9.84. The van der Waals surface area contributed by atoms with Crippen molar-refractivity contribution in [3.63, 3.8) is 0 Å². The minimum Gasteiger partial charge on any atom is -0.481 e. The van der Waals surface area contributed by atoms with Crippen LogP contribution < -0.4 is 5.73 Å². The predicted octanol–water partition coefficient (Wildman–Crippen LogP) is 1.11. The molecule has 0 bridgehead atoms. The standard InChI is InChI=1S/C15H18N2O4/c1-2-15(14(20)21)6-7-17(9-15)13(19)11-5-3-4-10(8-11)12(16)18/h3-5,8H,2,6-7,9H2,1H3,(H2,16,18)(H,20,21). The molecule has 0 radical (unpaired) electrons. The Kier molecular flexibility index (Phi) is 3.97. The largest absolute Gasteiger partial charge is 0.481 e. The molecular weight excluding hydrogens is 272 g/mol. The highest BCUT2D eigenvalue weighted by molar-refractivity contribution is 5.99. The number of hydrogen-bond donors (Lipinski definition) is 2. The van der Waals surface area contributed by atoms with Crippen LogP contribution in [0.1, 0.15) is 40.5 Å². The zero-order valence-corrected chi connectivity index (χ0v) is 11.8. The van der Waals surface area contributed by atoms with E-state index in [0.717, 1.165) is 0 Å². The number of carboxylic acid groups (broad SMARTS) is 1. The van der Waals surface area contributed by atoms with E-state index in [1.54, 1.807) is 12.1 Å². The molecule has 1 aromatic rings. The van der Waals surface area contributed by atoms with Crippen LogP contribution in [0.4, 0.5) is 0 Å². The average Bonchev–Trinajstić information content (AvgIpc) is 2.92. The third-order valence-corrected chi connectivity index (χ3v) is 4.17. The Morgan fingerprint density at radius 2 is 2.00 bits per heavy atom. The van der Waals surface area contributed by atoms with Crippen LogP contribution in [0.15, 0.2) is 24.3 Å². The minimum atomic E-state index is -0.869. The number of nitrogens with two attached hydrogens (primary N) is 1. The summed E-state index contributed by atoms with van der Waals surface area (Å²) < 4.78 is 0. The summed E-state index contributed by atoms with van der Waals surface area (Å²) in [5.41, 5.74) is 4.95. The first kappa shape index (κ1) is 15.0. The van der Waals surface area contributed by atoms with Crippen LogP contribution in [0, 0.1) is 5.41 Å². The molecule has 112 valence electrons. The second kappa shape index (κ2) is 5.55. The van der Waals surface area contributed by atoms with Crippen molar-refractivity contribution in [2.75, 3.05) is 13.1 Å². The molecule has 0 aromatic heterocycles. The predicted molar refractivity (Wildman–Crippen MR) is 75.8 cm³/mol. The second-order valence-corrected chi connectivity index (χ2v) is 5.36. The number of primary amides is 1. The van der Waals surface area contributed by atoms with Crippen LogP contribution in [-0.2, 0) is 4.79 Å². The second-order valence-electron chi connectivity index (χ2n) is 5.36. The Bertz CT molecular complexity index is 599. The molecule has 6 nitrogen and oxygen atoms in total. The molecule has 2 rings (SSSR count). The van der Waals surface area contributed by atoms with Gasteiger partial charge in [0.15, 0.2) is 0 Å². The van der Waals surface area contributed by atoms with Crippen LogP contribution in [0.2, 0.25) is 0 Å². The lowest BCUT2D eigenvalue weighted by molar-refractivity contribution is -0.148. The van der Waals surface area contributed by atoms with Crippen LogP contribution in [0.3, 0.4) is 0 Å². The number of benzene rings is 1. The van der Waals surface area contributed by atoms with Gasteiger partial charge in [0.05, 0.1) is 5.41 Å². The van der Waals surface area contributed by atoms with Gasteiger partial charge in [0.1, 0.15) is 0 Å². The van der Waals surface area contributed by atoms with Gasteiger partial charge in [0.2, 0.25) is 5.91 Å². The van der Waals surface area contributed by atoms with E-state index >= 15 is 0 Å². The zero-order chi connectivity index (χ0) is 15.6. The monoisotopic (exact) mass is 290 g/mol. The highest BCUT2D eigenvalue weighted by Crippen LogP contribution is 2.34. The lowest BCUT2D eigenvalue weighted by Crippen LogP contribution is -2.36. The Morgan fingerprint density at radius 1 is 1.33 bits per heavy atom. The summed E-state index contributed by atoms with van der Waals surface area (Å²) in [4.78, 5) is 36.5. The molecule has 3 N–H and O–H groups in total. The van der Waals surface area contributed by atoms with Crippen molar-refractivity contribution >= 4 is 17.8 Å². The fourth-order valence-electron chi connectivity index (χ4n) is 2.65. The van der Waals surface area contributed by atoms with Gasteiger partial charge in [-0.3, -0.25) is 14.4 Å². The van der Waals surface area contributed by atoms with Crippen molar-refractivity contribution in [2.24, 2.45) is 11.1 Å². The van der Waals surface area contributed by atoms with E-state index in [4.69, 9.17) is 5.73 Å². The fourth-order valence-corrected chi connectivity index (χ4v) is 2.65. The number of likely N-dealkylation sites (tertiary alicyclic amines) is 1. The topological polar surface area (TPSA) is 101 Å². The van der Waals surface area contributed by atoms with Crippen LogP contribution in [0.25, 0.3) is 0 Å². The van der Waals surface area contributed by atoms with Gasteiger partial charge in [-0.1, -0.05) is 13.0 Å². The number of amides is 2. The maximum atomic E-state index is 12.4. The summed E-state index contributed by atoms with van der Waals surface area (Å²) in [5, 5.41) is 9.35. The Morgan fingerprint density at radius 3 is 2.52 bits per heavy atom. The van der Waals surface area contributed by atoms with E-state index in [2.05, 4.69) is 0 Å². The molecule has 1 fully saturated rings. The van der Waals surface area contributed by atoms with Crippen molar-refractivity contribution in [2.45, 2.75) is 19.8 Å².